The van der Waals surface area contributed by atoms with E-state index >= 15 is 0 Å². The van der Waals surface area contributed by atoms with Crippen LogP contribution in [0.4, 0.5) is 5.69 Å². The number of amides is 1. The Balaban J connectivity index is 1.67. The molecule has 4 aromatic carbocycles. The number of carbonyl (C=O) groups is 2. The number of ketones is 1. The number of hydrogen-bond acceptors (Lipinski definition) is 4. The summed E-state index contributed by atoms with van der Waals surface area (Å²) >= 11 is 6.01. The fraction of sp³-hybridized carbons (Fsp3) is 0.0667. The van der Waals surface area contributed by atoms with Gasteiger partial charge < -0.3 is 9.84 Å². The third-order valence-corrected chi connectivity index (χ3v) is 6.25. The van der Waals surface area contributed by atoms with Gasteiger partial charge in [0.2, 0.25) is 0 Å². The molecule has 1 N–H and O–H groups in total. The second-order valence-electron chi connectivity index (χ2n) is 8.50. The van der Waals surface area contributed by atoms with E-state index in [4.69, 9.17) is 16.3 Å². The van der Waals surface area contributed by atoms with Gasteiger partial charge in [0, 0.05) is 16.3 Å². The average molecular weight is 496 g/mol. The van der Waals surface area contributed by atoms with Crippen LogP contribution in [-0.4, -0.2) is 16.8 Å². The van der Waals surface area contributed by atoms with Crippen molar-refractivity contribution in [2.24, 2.45) is 0 Å². The van der Waals surface area contributed by atoms with E-state index in [0.29, 0.717) is 33.3 Å². The Kier molecular flexibility index (Phi) is 6.32. The molecular weight excluding hydrogens is 474 g/mol. The van der Waals surface area contributed by atoms with Crippen LogP contribution in [0.3, 0.4) is 0 Å². The quantitative estimate of drug-likeness (QED) is 0.183. The Labute approximate surface area is 213 Å². The van der Waals surface area contributed by atoms with Crippen LogP contribution >= 0.6 is 11.6 Å². The van der Waals surface area contributed by atoms with Crippen LogP contribution in [0.15, 0.2) is 109 Å². The van der Waals surface area contributed by atoms with E-state index in [1.165, 1.54) is 4.90 Å². The zero-order chi connectivity index (χ0) is 25.2. The third-order valence-electron chi connectivity index (χ3n) is 5.99. The van der Waals surface area contributed by atoms with Gasteiger partial charge in [-0.3, -0.25) is 14.5 Å². The van der Waals surface area contributed by atoms with Gasteiger partial charge in [0.1, 0.15) is 17.3 Å². The molecule has 1 saturated heterocycles. The number of hydrogen-bond donors (Lipinski definition) is 1. The second-order valence-corrected chi connectivity index (χ2v) is 8.94. The van der Waals surface area contributed by atoms with Gasteiger partial charge in [-0.1, -0.05) is 54.1 Å². The highest BCUT2D eigenvalue weighted by Crippen LogP contribution is 2.43. The lowest BCUT2D eigenvalue weighted by atomic mass is 9.95. The predicted molar refractivity (Wildman–Crippen MR) is 140 cm³/mol. The molecular formula is C30H22ClNO4. The summed E-state index contributed by atoms with van der Waals surface area (Å²) in [6, 6.07) is 29.5. The number of halogens is 1. The molecule has 0 radical (unpaired) electrons. The number of para-hydroxylation sites is 1. The minimum atomic E-state index is -0.859. The Bertz CT molecular complexity index is 1480. The van der Waals surface area contributed by atoms with Gasteiger partial charge >= 0.3 is 0 Å². The number of aliphatic hydroxyl groups is 1. The molecule has 1 unspecified atom stereocenters. The van der Waals surface area contributed by atoms with Crippen LogP contribution in [0.2, 0.25) is 5.02 Å². The number of aliphatic hydroxyl groups excluding tert-OH is 1. The second kappa shape index (κ2) is 9.72. The number of ether oxygens (including phenoxy) is 1. The van der Waals surface area contributed by atoms with Crippen LogP contribution in [0, 0.1) is 6.92 Å². The summed E-state index contributed by atoms with van der Waals surface area (Å²) in [5.74, 6) is -0.540. The fourth-order valence-electron chi connectivity index (χ4n) is 4.33. The van der Waals surface area contributed by atoms with Crippen LogP contribution in [0.5, 0.6) is 11.5 Å². The number of anilines is 1. The first-order valence-corrected chi connectivity index (χ1v) is 11.8. The molecule has 0 aromatic heterocycles. The van der Waals surface area contributed by atoms with E-state index in [1.807, 2.05) is 61.5 Å². The Morgan fingerprint density at radius 3 is 2.25 bits per heavy atom. The largest absolute Gasteiger partial charge is 0.507 e. The lowest BCUT2D eigenvalue weighted by Gasteiger charge is -2.26. The smallest absolute Gasteiger partial charge is 0.300 e. The summed E-state index contributed by atoms with van der Waals surface area (Å²) in [6.45, 7) is 1.91. The standard InChI is InChI=1S/C30H22ClNO4/c1-19-7-5-9-23(17-19)32-27(21-8-6-12-25(18-21)36-24-10-3-2-4-11-24)26(29(34)30(32)35)28(33)20-13-15-22(31)16-14-20/h2-18,27,33H,1H3/b28-26-. The van der Waals surface area contributed by atoms with Crippen LogP contribution in [0.1, 0.15) is 22.7 Å². The first kappa shape index (κ1) is 23.4. The van der Waals surface area contributed by atoms with Gasteiger partial charge in [-0.15, -0.1) is 0 Å². The van der Waals surface area contributed by atoms with Crippen LogP contribution in [0.25, 0.3) is 5.76 Å². The summed E-state index contributed by atoms with van der Waals surface area (Å²) in [7, 11) is 0. The summed E-state index contributed by atoms with van der Waals surface area (Å²) in [5.41, 5.74) is 2.52. The van der Waals surface area contributed by atoms with Gasteiger partial charge in [-0.05, 0) is 78.7 Å². The molecule has 1 fully saturated rings. The van der Waals surface area contributed by atoms with Crippen molar-refractivity contribution in [1.82, 2.24) is 0 Å². The molecule has 6 heteroatoms. The maximum Gasteiger partial charge on any atom is 0.300 e. The molecule has 1 aliphatic heterocycles. The highest BCUT2D eigenvalue weighted by Gasteiger charge is 2.47. The molecule has 1 amide bonds. The highest BCUT2D eigenvalue weighted by atomic mass is 35.5. The summed E-state index contributed by atoms with van der Waals surface area (Å²) in [4.78, 5) is 28.1. The van der Waals surface area contributed by atoms with Crippen molar-refractivity contribution in [2.75, 3.05) is 4.90 Å². The molecule has 1 atom stereocenters. The molecule has 0 aliphatic carbocycles. The van der Waals surface area contributed by atoms with Crippen molar-refractivity contribution in [3.05, 3.63) is 130 Å². The molecule has 178 valence electrons. The highest BCUT2D eigenvalue weighted by molar-refractivity contribution is 6.51. The molecule has 4 aromatic rings. The molecule has 5 rings (SSSR count). The molecule has 36 heavy (non-hydrogen) atoms. The zero-order valence-electron chi connectivity index (χ0n) is 19.4. The average Bonchev–Trinajstić information content (AvgIpc) is 3.15. The van der Waals surface area contributed by atoms with Crippen molar-refractivity contribution < 1.29 is 19.4 Å². The molecule has 1 aliphatic rings. The first-order chi connectivity index (χ1) is 17.4. The number of aryl methyl sites for hydroxylation is 1. The predicted octanol–water partition coefficient (Wildman–Crippen LogP) is 7.07. The lowest BCUT2D eigenvalue weighted by molar-refractivity contribution is -0.132. The fourth-order valence-corrected chi connectivity index (χ4v) is 4.45. The lowest BCUT2D eigenvalue weighted by Crippen LogP contribution is -2.29. The normalized spacial score (nSPS) is 16.8. The van der Waals surface area contributed by atoms with Crippen LogP contribution < -0.4 is 9.64 Å². The van der Waals surface area contributed by atoms with Crippen molar-refractivity contribution in [3.63, 3.8) is 0 Å². The van der Waals surface area contributed by atoms with E-state index in [1.54, 1.807) is 48.5 Å². The molecule has 0 bridgehead atoms. The molecule has 1 heterocycles. The van der Waals surface area contributed by atoms with Gasteiger partial charge in [0.25, 0.3) is 11.7 Å². The number of Topliss-reactive ketones (excluding diaryl/α,β-unsaturated/α-hetero) is 1. The topological polar surface area (TPSA) is 66.8 Å². The van der Waals surface area contributed by atoms with E-state index < -0.39 is 17.7 Å². The van der Waals surface area contributed by atoms with Gasteiger partial charge in [0.15, 0.2) is 0 Å². The molecule has 5 nitrogen and oxygen atoms in total. The van der Waals surface area contributed by atoms with E-state index in [9.17, 15) is 14.7 Å². The zero-order valence-corrected chi connectivity index (χ0v) is 20.1. The summed E-state index contributed by atoms with van der Waals surface area (Å²) < 4.78 is 6.00. The minimum absolute atomic E-state index is 0.000639. The van der Waals surface area contributed by atoms with Crippen molar-refractivity contribution in [2.45, 2.75) is 13.0 Å². The van der Waals surface area contributed by atoms with Crippen LogP contribution in [-0.2, 0) is 9.59 Å². The van der Waals surface area contributed by atoms with Crippen molar-refractivity contribution >= 4 is 34.7 Å². The SMILES string of the molecule is Cc1cccc(N2C(=O)C(=O)/C(=C(\O)c3ccc(Cl)cc3)C2c2cccc(Oc3ccccc3)c2)c1. The molecule has 0 saturated carbocycles. The Morgan fingerprint density at radius 2 is 1.53 bits per heavy atom. The monoisotopic (exact) mass is 495 g/mol. The first-order valence-electron chi connectivity index (χ1n) is 11.4. The number of benzene rings is 4. The van der Waals surface area contributed by atoms with Crippen molar-refractivity contribution in [1.29, 1.82) is 0 Å². The van der Waals surface area contributed by atoms with E-state index in [2.05, 4.69) is 0 Å². The minimum Gasteiger partial charge on any atom is -0.507 e. The van der Waals surface area contributed by atoms with E-state index in [0.717, 1.165) is 5.56 Å². The maximum atomic E-state index is 13.4. The van der Waals surface area contributed by atoms with Gasteiger partial charge in [-0.25, -0.2) is 0 Å². The van der Waals surface area contributed by atoms with E-state index in [-0.39, 0.29) is 11.3 Å². The number of carbonyl (C=O) groups excluding carboxylic acids is 2. The van der Waals surface area contributed by atoms with Crippen molar-refractivity contribution in [3.8, 4) is 11.5 Å². The Hall–Kier alpha value is -4.35. The third kappa shape index (κ3) is 4.49. The number of nitrogens with zero attached hydrogens (tertiary/aromatic N) is 1. The number of rotatable bonds is 5. The van der Waals surface area contributed by atoms with Gasteiger partial charge in [0.05, 0.1) is 11.6 Å². The molecule has 0 spiro atoms. The summed E-state index contributed by atoms with van der Waals surface area (Å²) in [6.07, 6.45) is 0. The maximum absolute atomic E-state index is 13.4. The Morgan fingerprint density at radius 1 is 0.833 bits per heavy atom. The summed E-state index contributed by atoms with van der Waals surface area (Å²) in [5, 5.41) is 11.8. The van der Waals surface area contributed by atoms with Gasteiger partial charge in [-0.2, -0.15) is 0 Å².